The first-order valence-electron chi connectivity index (χ1n) is 7.25. The molecule has 3 heteroatoms. The molecule has 0 saturated heterocycles. The lowest BCUT2D eigenvalue weighted by Crippen LogP contribution is -2.09. The van der Waals surface area contributed by atoms with Gasteiger partial charge in [0.25, 0.3) is 0 Å². The van der Waals surface area contributed by atoms with Crippen LogP contribution < -0.4 is 5.73 Å². The van der Waals surface area contributed by atoms with Gasteiger partial charge in [0.05, 0.1) is 11.0 Å². The van der Waals surface area contributed by atoms with E-state index in [2.05, 4.69) is 50.5 Å². The van der Waals surface area contributed by atoms with Crippen molar-refractivity contribution in [3.63, 3.8) is 0 Å². The normalized spacial score (nSPS) is 11.9. The Balaban J connectivity index is 2.52. The van der Waals surface area contributed by atoms with E-state index in [0.717, 1.165) is 30.7 Å². The number of hydrogen-bond acceptors (Lipinski definition) is 2. The predicted octanol–water partition coefficient (Wildman–Crippen LogP) is 3.63. The molecule has 1 aromatic heterocycles. The molecule has 0 fully saturated rings. The topological polar surface area (TPSA) is 43.8 Å². The predicted molar refractivity (Wildman–Crippen MR) is 81.6 cm³/mol. The van der Waals surface area contributed by atoms with E-state index in [4.69, 9.17) is 10.7 Å². The van der Waals surface area contributed by atoms with Crippen LogP contribution in [0, 0.1) is 0 Å². The molecule has 3 nitrogen and oxygen atoms in total. The van der Waals surface area contributed by atoms with Crippen molar-refractivity contribution in [1.29, 1.82) is 0 Å². The molecule has 0 amide bonds. The molecular formula is C16H25N3. The fraction of sp³-hybridized carbons (Fsp3) is 0.562. The number of nitrogens with zero attached hydrogens (tertiary/aromatic N) is 2. The van der Waals surface area contributed by atoms with Crippen LogP contribution in [0.5, 0.6) is 0 Å². The van der Waals surface area contributed by atoms with E-state index in [1.807, 2.05) is 0 Å². The molecule has 0 unspecified atom stereocenters. The van der Waals surface area contributed by atoms with Crippen LogP contribution in [0.3, 0.4) is 0 Å². The molecule has 1 aromatic carbocycles. The molecule has 104 valence electrons. The van der Waals surface area contributed by atoms with Gasteiger partial charge in [-0.1, -0.05) is 19.9 Å². The second-order valence-electron chi connectivity index (χ2n) is 5.79. The molecule has 2 rings (SSSR count). The summed E-state index contributed by atoms with van der Waals surface area (Å²) in [5.74, 6) is 1.71. The molecule has 0 aliphatic carbocycles. The molecule has 0 atom stereocenters. The summed E-state index contributed by atoms with van der Waals surface area (Å²) in [6, 6.07) is 7.09. The number of fused-ring (bicyclic) bond motifs is 1. The molecule has 1 heterocycles. The van der Waals surface area contributed by atoms with Crippen molar-refractivity contribution in [2.45, 2.75) is 52.5 Å². The first-order valence-corrected chi connectivity index (χ1v) is 7.25. The van der Waals surface area contributed by atoms with Crippen molar-refractivity contribution in [2.75, 3.05) is 6.54 Å². The smallest absolute Gasteiger partial charge is 0.110 e. The summed E-state index contributed by atoms with van der Waals surface area (Å²) in [5.41, 5.74) is 9.34. The number of hydrogen-bond donors (Lipinski definition) is 1. The summed E-state index contributed by atoms with van der Waals surface area (Å²) in [4.78, 5) is 4.82. The van der Waals surface area contributed by atoms with Crippen molar-refractivity contribution in [3.8, 4) is 0 Å². The third-order valence-corrected chi connectivity index (χ3v) is 3.57. The van der Waals surface area contributed by atoms with Gasteiger partial charge in [-0.25, -0.2) is 4.98 Å². The Hall–Kier alpha value is -1.35. The van der Waals surface area contributed by atoms with Gasteiger partial charge in [0, 0.05) is 12.5 Å². The summed E-state index contributed by atoms with van der Waals surface area (Å²) in [7, 11) is 0. The zero-order valence-corrected chi connectivity index (χ0v) is 12.5. The highest BCUT2D eigenvalue weighted by atomic mass is 15.1. The molecule has 0 aliphatic rings. The lowest BCUT2D eigenvalue weighted by Gasteiger charge is -2.13. The van der Waals surface area contributed by atoms with Crippen LogP contribution in [0.4, 0.5) is 0 Å². The van der Waals surface area contributed by atoms with Crippen LogP contribution in [-0.2, 0) is 6.42 Å². The van der Waals surface area contributed by atoms with E-state index in [1.54, 1.807) is 0 Å². The van der Waals surface area contributed by atoms with E-state index < -0.39 is 0 Å². The summed E-state index contributed by atoms with van der Waals surface area (Å²) in [5, 5.41) is 0. The van der Waals surface area contributed by atoms with E-state index in [9.17, 15) is 0 Å². The Bertz CT molecular complexity index is 552. The SMILES string of the molecule is CC(C)c1ccc2c(c1)nc(CCCN)n2C(C)C. The second kappa shape index (κ2) is 5.74. The third-order valence-electron chi connectivity index (χ3n) is 3.57. The van der Waals surface area contributed by atoms with Crippen LogP contribution >= 0.6 is 0 Å². The Morgan fingerprint density at radius 2 is 1.95 bits per heavy atom. The third kappa shape index (κ3) is 2.81. The summed E-state index contributed by atoms with van der Waals surface area (Å²) in [6.45, 7) is 9.58. The Morgan fingerprint density at radius 3 is 2.53 bits per heavy atom. The van der Waals surface area contributed by atoms with Gasteiger partial charge in [-0.15, -0.1) is 0 Å². The Kier molecular flexibility index (Phi) is 4.25. The number of aromatic nitrogens is 2. The van der Waals surface area contributed by atoms with Crippen LogP contribution in [0.15, 0.2) is 18.2 Å². The van der Waals surface area contributed by atoms with Gasteiger partial charge in [-0.2, -0.15) is 0 Å². The van der Waals surface area contributed by atoms with Crippen LogP contribution in [0.1, 0.15) is 57.5 Å². The number of aryl methyl sites for hydroxylation is 1. The van der Waals surface area contributed by atoms with Gasteiger partial charge >= 0.3 is 0 Å². The molecule has 0 aliphatic heterocycles. The fourth-order valence-corrected chi connectivity index (χ4v) is 2.54. The van der Waals surface area contributed by atoms with Crippen molar-refractivity contribution >= 4 is 11.0 Å². The minimum atomic E-state index is 0.433. The average Bonchev–Trinajstić information content (AvgIpc) is 2.73. The summed E-state index contributed by atoms with van der Waals surface area (Å²) in [6.07, 6.45) is 1.95. The number of nitrogens with two attached hydrogens (primary N) is 1. The first kappa shape index (κ1) is 14.1. The van der Waals surface area contributed by atoms with E-state index >= 15 is 0 Å². The molecule has 0 radical (unpaired) electrons. The highest BCUT2D eigenvalue weighted by molar-refractivity contribution is 5.77. The Morgan fingerprint density at radius 1 is 1.21 bits per heavy atom. The number of rotatable bonds is 5. The first-order chi connectivity index (χ1) is 9.04. The molecule has 2 aromatic rings. The van der Waals surface area contributed by atoms with Crippen LogP contribution in [0.2, 0.25) is 0 Å². The highest BCUT2D eigenvalue weighted by Gasteiger charge is 2.13. The lowest BCUT2D eigenvalue weighted by molar-refractivity contribution is 0.577. The van der Waals surface area contributed by atoms with Gasteiger partial charge < -0.3 is 10.3 Å². The van der Waals surface area contributed by atoms with Crippen molar-refractivity contribution in [1.82, 2.24) is 9.55 Å². The monoisotopic (exact) mass is 259 g/mol. The maximum atomic E-state index is 5.62. The standard InChI is InChI=1S/C16H25N3/c1-11(2)13-7-8-15-14(10-13)18-16(6-5-9-17)19(15)12(3)4/h7-8,10-12H,5-6,9,17H2,1-4H3. The summed E-state index contributed by atoms with van der Waals surface area (Å²) >= 11 is 0. The zero-order valence-electron chi connectivity index (χ0n) is 12.5. The van der Waals surface area contributed by atoms with Crippen molar-refractivity contribution < 1.29 is 0 Å². The van der Waals surface area contributed by atoms with Gasteiger partial charge in [-0.05, 0) is 50.4 Å². The molecular weight excluding hydrogens is 234 g/mol. The number of benzene rings is 1. The lowest BCUT2D eigenvalue weighted by atomic mass is 10.0. The minimum absolute atomic E-state index is 0.433. The number of imidazole rings is 1. The molecule has 19 heavy (non-hydrogen) atoms. The summed E-state index contributed by atoms with van der Waals surface area (Å²) < 4.78 is 2.34. The molecule has 2 N–H and O–H groups in total. The van der Waals surface area contributed by atoms with Gasteiger partial charge in [-0.3, -0.25) is 0 Å². The van der Waals surface area contributed by atoms with Gasteiger partial charge in [0.15, 0.2) is 0 Å². The maximum absolute atomic E-state index is 5.62. The van der Waals surface area contributed by atoms with Crippen LogP contribution in [-0.4, -0.2) is 16.1 Å². The van der Waals surface area contributed by atoms with E-state index in [1.165, 1.54) is 11.1 Å². The van der Waals surface area contributed by atoms with Gasteiger partial charge in [0.2, 0.25) is 0 Å². The molecule has 0 bridgehead atoms. The minimum Gasteiger partial charge on any atom is -0.330 e. The highest BCUT2D eigenvalue weighted by Crippen LogP contribution is 2.25. The zero-order chi connectivity index (χ0) is 14.0. The Labute approximate surface area is 115 Å². The van der Waals surface area contributed by atoms with Crippen molar-refractivity contribution in [3.05, 3.63) is 29.6 Å². The maximum Gasteiger partial charge on any atom is 0.110 e. The van der Waals surface area contributed by atoms with Crippen molar-refractivity contribution in [2.24, 2.45) is 5.73 Å². The molecule has 0 spiro atoms. The van der Waals surface area contributed by atoms with Gasteiger partial charge in [0.1, 0.15) is 5.82 Å². The molecule has 0 saturated carbocycles. The van der Waals surface area contributed by atoms with Crippen LogP contribution in [0.25, 0.3) is 11.0 Å². The second-order valence-corrected chi connectivity index (χ2v) is 5.79. The van der Waals surface area contributed by atoms with E-state index in [0.29, 0.717) is 12.0 Å². The largest absolute Gasteiger partial charge is 0.330 e. The average molecular weight is 259 g/mol. The quantitative estimate of drug-likeness (QED) is 0.891. The van der Waals surface area contributed by atoms with E-state index in [-0.39, 0.29) is 0 Å². The fourth-order valence-electron chi connectivity index (χ4n) is 2.54.